The molecule has 1 fully saturated rings. The van der Waals surface area contributed by atoms with Gasteiger partial charge in [0, 0.05) is 5.41 Å². The maximum atomic E-state index is 12.5. The van der Waals surface area contributed by atoms with Crippen LogP contribution in [0.1, 0.15) is 19.3 Å². The topological polar surface area (TPSA) is 20.2 Å². The van der Waals surface area contributed by atoms with Crippen molar-refractivity contribution >= 4 is 0 Å². The van der Waals surface area contributed by atoms with Crippen LogP contribution in [0.25, 0.3) is 0 Å². The summed E-state index contributed by atoms with van der Waals surface area (Å²) in [5.74, 6) is -3.67. The second-order valence-corrected chi connectivity index (χ2v) is 5.10. The Balaban J connectivity index is 2.30. The zero-order valence-electron chi connectivity index (χ0n) is 9.22. The lowest BCUT2D eigenvalue weighted by atomic mass is 9.75. The molecule has 0 saturated heterocycles. The molecule has 1 saturated carbocycles. The Bertz CT molecular complexity index is 344. The standard InChI is InChI=1S/C11H12F6O/c12-10(13,14)7(11(15,16)17)8(18)9-3-1-6(5-9)2-4-9/h1,3,6-8,18H,2,4-5H2. The quantitative estimate of drug-likeness (QED) is 0.604. The fraction of sp³-hybridized carbons (Fsp3) is 0.818. The molecule has 1 N–H and O–H groups in total. The van der Waals surface area contributed by atoms with Gasteiger partial charge in [0.25, 0.3) is 0 Å². The zero-order valence-corrected chi connectivity index (χ0v) is 9.22. The molecule has 2 aliphatic rings. The number of hydrogen-bond donors (Lipinski definition) is 1. The van der Waals surface area contributed by atoms with Crippen LogP contribution in [0.5, 0.6) is 0 Å². The van der Waals surface area contributed by atoms with E-state index in [1.54, 1.807) is 6.08 Å². The van der Waals surface area contributed by atoms with E-state index >= 15 is 0 Å². The molecule has 104 valence electrons. The maximum absolute atomic E-state index is 12.5. The fourth-order valence-electron chi connectivity index (χ4n) is 3.03. The van der Waals surface area contributed by atoms with Crippen molar-refractivity contribution in [3.05, 3.63) is 12.2 Å². The molecule has 0 aliphatic heterocycles. The van der Waals surface area contributed by atoms with Crippen LogP contribution in [0, 0.1) is 17.3 Å². The van der Waals surface area contributed by atoms with Gasteiger partial charge in [-0.25, -0.2) is 0 Å². The Morgan fingerprint density at radius 1 is 1.11 bits per heavy atom. The number of fused-ring (bicyclic) bond motifs is 2. The Labute approximate surface area is 99.5 Å². The monoisotopic (exact) mass is 274 g/mol. The zero-order chi connectivity index (χ0) is 13.8. The van der Waals surface area contributed by atoms with Crippen molar-refractivity contribution in [2.24, 2.45) is 17.3 Å². The molecule has 2 aliphatic carbocycles. The van der Waals surface area contributed by atoms with Gasteiger partial charge in [-0.2, -0.15) is 26.3 Å². The number of alkyl halides is 6. The van der Waals surface area contributed by atoms with Crippen molar-refractivity contribution in [3.8, 4) is 0 Å². The average Bonchev–Trinajstić information content (AvgIpc) is 2.72. The first-order chi connectivity index (χ1) is 8.06. The normalized spacial score (nSPS) is 33.4. The number of rotatable bonds is 2. The van der Waals surface area contributed by atoms with Crippen LogP contribution in [0.2, 0.25) is 0 Å². The number of allylic oxidation sites excluding steroid dienone is 1. The average molecular weight is 274 g/mol. The third kappa shape index (κ3) is 2.13. The molecule has 7 heteroatoms. The minimum Gasteiger partial charge on any atom is -0.391 e. The lowest BCUT2D eigenvalue weighted by Gasteiger charge is -2.37. The van der Waals surface area contributed by atoms with Crippen LogP contribution in [-0.2, 0) is 0 Å². The highest BCUT2D eigenvalue weighted by Crippen LogP contribution is 2.56. The molecule has 3 unspecified atom stereocenters. The summed E-state index contributed by atoms with van der Waals surface area (Å²) in [7, 11) is 0. The maximum Gasteiger partial charge on any atom is 0.403 e. The third-order valence-corrected chi connectivity index (χ3v) is 3.93. The minimum atomic E-state index is -5.49. The van der Waals surface area contributed by atoms with Gasteiger partial charge in [0.1, 0.15) is 0 Å². The van der Waals surface area contributed by atoms with Crippen LogP contribution >= 0.6 is 0 Å². The van der Waals surface area contributed by atoms with Crippen molar-refractivity contribution in [3.63, 3.8) is 0 Å². The summed E-state index contributed by atoms with van der Waals surface area (Å²) >= 11 is 0. The van der Waals surface area contributed by atoms with E-state index < -0.39 is 29.8 Å². The number of aliphatic hydroxyl groups excluding tert-OH is 1. The summed E-state index contributed by atoms with van der Waals surface area (Å²) in [5.41, 5.74) is -1.36. The molecule has 0 heterocycles. The van der Waals surface area contributed by atoms with E-state index in [0.717, 1.165) is 0 Å². The summed E-state index contributed by atoms with van der Waals surface area (Å²) in [6.07, 6.45) is -9.60. The first-order valence-corrected chi connectivity index (χ1v) is 5.57. The summed E-state index contributed by atoms with van der Waals surface area (Å²) in [6.45, 7) is 0. The number of aliphatic hydroxyl groups is 1. The summed E-state index contributed by atoms with van der Waals surface area (Å²) < 4.78 is 75.2. The van der Waals surface area contributed by atoms with E-state index in [1.807, 2.05) is 0 Å². The molecule has 0 aromatic heterocycles. The van der Waals surface area contributed by atoms with Crippen molar-refractivity contribution < 1.29 is 31.4 Å². The SMILES string of the molecule is OC(C(C(F)(F)F)C(F)(F)F)C12C=CC(CC1)C2. The highest BCUT2D eigenvalue weighted by molar-refractivity contribution is 5.19. The van der Waals surface area contributed by atoms with Crippen LogP contribution < -0.4 is 0 Å². The predicted molar refractivity (Wildman–Crippen MR) is 50.5 cm³/mol. The predicted octanol–water partition coefficient (Wildman–Crippen LogP) is 3.44. The van der Waals surface area contributed by atoms with E-state index in [4.69, 9.17) is 0 Å². The second-order valence-electron chi connectivity index (χ2n) is 5.10. The number of hydrogen-bond acceptors (Lipinski definition) is 1. The Morgan fingerprint density at radius 2 is 1.67 bits per heavy atom. The van der Waals surface area contributed by atoms with Crippen LogP contribution in [0.15, 0.2) is 12.2 Å². The van der Waals surface area contributed by atoms with Gasteiger partial charge in [-0.1, -0.05) is 12.2 Å². The molecule has 0 aromatic rings. The minimum absolute atomic E-state index is 0.00164. The smallest absolute Gasteiger partial charge is 0.391 e. The largest absolute Gasteiger partial charge is 0.403 e. The van der Waals surface area contributed by atoms with Gasteiger partial charge < -0.3 is 5.11 Å². The van der Waals surface area contributed by atoms with Crippen molar-refractivity contribution in [1.82, 2.24) is 0 Å². The van der Waals surface area contributed by atoms with E-state index in [9.17, 15) is 31.4 Å². The molecule has 0 spiro atoms. The van der Waals surface area contributed by atoms with Crippen molar-refractivity contribution in [2.45, 2.75) is 37.7 Å². The van der Waals surface area contributed by atoms with Gasteiger partial charge in [-0.15, -0.1) is 0 Å². The van der Waals surface area contributed by atoms with Crippen molar-refractivity contribution in [2.75, 3.05) is 0 Å². The van der Waals surface area contributed by atoms with E-state index in [1.165, 1.54) is 6.08 Å². The Kier molecular flexibility index (Phi) is 2.96. The van der Waals surface area contributed by atoms with E-state index in [-0.39, 0.29) is 18.8 Å². The fourth-order valence-corrected chi connectivity index (χ4v) is 3.03. The van der Waals surface area contributed by atoms with Crippen LogP contribution in [0.4, 0.5) is 26.3 Å². The van der Waals surface area contributed by atoms with Crippen LogP contribution in [0.3, 0.4) is 0 Å². The Morgan fingerprint density at radius 3 is 1.94 bits per heavy atom. The first kappa shape index (κ1) is 13.7. The van der Waals surface area contributed by atoms with Gasteiger partial charge in [0.15, 0.2) is 5.92 Å². The Hall–Kier alpha value is -0.720. The molecule has 2 rings (SSSR count). The van der Waals surface area contributed by atoms with Gasteiger partial charge in [0.2, 0.25) is 0 Å². The lowest BCUT2D eigenvalue weighted by Crippen LogP contribution is -2.50. The van der Waals surface area contributed by atoms with Gasteiger partial charge in [0.05, 0.1) is 6.10 Å². The summed E-state index contributed by atoms with van der Waals surface area (Å²) in [6, 6.07) is 0. The molecule has 0 radical (unpaired) electrons. The lowest BCUT2D eigenvalue weighted by molar-refractivity contribution is -0.315. The first-order valence-electron chi connectivity index (χ1n) is 5.57. The molecule has 3 atom stereocenters. The van der Waals surface area contributed by atoms with Gasteiger partial charge in [-0.05, 0) is 25.2 Å². The third-order valence-electron chi connectivity index (χ3n) is 3.93. The van der Waals surface area contributed by atoms with Gasteiger partial charge >= 0.3 is 12.4 Å². The van der Waals surface area contributed by atoms with E-state index in [0.29, 0.717) is 6.42 Å². The highest BCUT2D eigenvalue weighted by atomic mass is 19.4. The second kappa shape index (κ2) is 3.88. The highest BCUT2D eigenvalue weighted by Gasteiger charge is 2.65. The van der Waals surface area contributed by atoms with Crippen molar-refractivity contribution in [1.29, 1.82) is 0 Å². The summed E-state index contributed by atoms with van der Waals surface area (Å²) in [4.78, 5) is 0. The van der Waals surface area contributed by atoms with Crippen LogP contribution in [-0.4, -0.2) is 23.6 Å². The molecule has 2 bridgehead atoms. The molecular weight excluding hydrogens is 262 g/mol. The van der Waals surface area contributed by atoms with E-state index in [2.05, 4.69) is 0 Å². The molecule has 18 heavy (non-hydrogen) atoms. The molecule has 0 aromatic carbocycles. The molecular formula is C11H12F6O. The number of halogens is 6. The molecule has 1 nitrogen and oxygen atoms in total. The molecule has 0 amide bonds. The van der Waals surface area contributed by atoms with Gasteiger partial charge in [-0.3, -0.25) is 0 Å². The summed E-state index contributed by atoms with van der Waals surface area (Å²) in [5, 5.41) is 9.67.